The third kappa shape index (κ3) is 14.9. The van der Waals surface area contributed by atoms with Crippen LogP contribution in [-0.4, -0.2) is 46.0 Å². The van der Waals surface area contributed by atoms with Crippen molar-refractivity contribution in [2.75, 3.05) is 13.2 Å². The smallest absolute Gasteiger partial charge is 0.469 e. The Morgan fingerprint density at radius 2 is 1.22 bits per heavy atom. The summed E-state index contributed by atoms with van der Waals surface area (Å²) in [7, 11) is -4.78. The van der Waals surface area contributed by atoms with Gasteiger partial charge in [-0.2, -0.15) is 0 Å². The van der Waals surface area contributed by atoms with Crippen molar-refractivity contribution in [1.29, 1.82) is 0 Å². The lowest BCUT2D eigenvalue weighted by molar-refractivity contribution is -0.155. The highest BCUT2D eigenvalue weighted by molar-refractivity contribution is 7.46. The number of hydrogen-bond donors (Lipinski definition) is 3. The van der Waals surface area contributed by atoms with E-state index in [4.69, 9.17) is 28.9 Å². The lowest BCUT2D eigenvalue weighted by Crippen LogP contribution is -2.38. The van der Waals surface area contributed by atoms with Crippen molar-refractivity contribution < 1.29 is 47.8 Å². The number of carbonyl (C=O) groups is 3. The topological polar surface area (TPSA) is 157 Å². The zero-order chi connectivity index (χ0) is 31.6. The molecule has 0 fully saturated rings. The summed E-state index contributed by atoms with van der Waals surface area (Å²) in [5.74, 6) is -1.91. The Hall–Kier alpha value is -3.82. The standard InChI is InChI=1S/C18H19O6P.C8H14O2.C4H6O2/c1-14(2)17(19)24-18(13-23-25(20,21)22,15-9-5-3-6-10-15)16-11-7-4-8-12-16;1-4-5-6-10-8(9)7(2)3;1-3(2)4(5)6/h3-12H,1,13H2,2H3,(H2,20,21,22);2,4-6H2,1,3H3;1H2,2H3,(H,5,6). The maximum absolute atomic E-state index is 12.3. The molecule has 0 saturated heterocycles. The number of ether oxygens (including phenoxy) is 2. The molecule has 2 aromatic rings. The van der Waals surface area contributed by atoms with Crippen LogP contribution in [0.3, 0.4) is 0 Å². The first-order valence-electron chi connectivity index (χ1n) is 12.5. The van der Waals surface area contributed by atoms with Gasteiger partial charge in [0, 0.05) is 27.8 Å². The first kappa shape index (κ1) is 37.2. The van der Waals surface area contributed by atoms with Crippen LogP contribution in [0.4, 0.5) is 0 Å². The van der Waals surface area contributed by atoms with Gasteiger partial charge in [-0.15, -0.1) is 0 Å². The Balaban J connectivity index is 0.000000823. The number of phosphoric ester groups is 1. The molecule has 0 atom stereocenters. The molecule has 0 spiro atoms. The molecule has 11 heteroatoms. The molecular formula is C30H39O10P. The summed E-state index contributed by atoms with van der Waals surface area (Å²) in [6.45, 7) is 16.8. The Kier molecular flexibility index (Phi) is 16.8. The molecule has 0 aliphatic carbocycles. The van der Waals surface area contributed by atoms with Crippen molar-refractivity contribution in [2.24, 2.45) is 0 Å². The van der Waals surface area contributed by atoms with E-state index in [1.54, 1.807) is 67.6 Å². The number of carbonyl (C=O) groups excluding carboxylic acids is 2. The van der Waals surface area contributed by atoms with Gasteiger partial charge in [0.25, 0.3) is 0 Å². The fraction of sp³-hybridized carbons (Fsp3) is 0.300. The number of benzene rings is 2. The van der Waals surface area contributed by atoms with Gasteiger partial charge in [0.15, 0.2) is 5.60 Å². The first-order valence-corrected chi connectivity index (χ1v) is 14.0. The summed E-state index contributed by atoms with van der Waals surface area (Å²) in [6.07, 6.45) is 1.97. The summed E-state index contributed by atoms with van der Waals surface area (Å²) in [6, 6.07) is 17.3. The van der Waals surface area contributed by atoms with Crippen LogP contribution >= 0.6 is 7.82 Å². The van der Waals surface area contributed by atoms with Crippen LogP contribution in [0.25, 0.3) is 0 Å². The van der Waals surface area contributed by atoms with Crippen LogP contribution in [0, 0.1) is 0 Å². The molecule has 0 saturated carbocycles. The number of carboxylic acid groups (broad SMARTS) is 1. The molecule has 0 amide bonds. The number of carboxylic acids is 1. The molecule has 0 radical (unpaired) electrons. The van der Waals surface area contributed by atoms with Gasteiger partial charge in [0.1, 0.15) is 6.61 Å². The molecule has 3 N–H and O–H groups in total. The van der Waals surface area contributed by atoms with Gasteiger partial charge in [-0.25, -0.2) is 18.9 Å². The number of aliphatic carboxylic acids is 1. The molecule has 2 aromatic carbocycles. The largest absolute Gasteiger partial charge is 0.478 e. The summed E-state index contributed by atoms with van der Waals surface area (Å²) < 4.78 is 26.5. The van der Waals surface area contributed by atoms with Crippen LogP contribution in [0.5, 0.6) is 0 Å². The Bertz CT molecular complexity index is 1160. The summed E-state index contributed by atoms with van der Waals surface area (Å²) in [5, 5.41) is 7.89. The molecule has 0 aliphatic heterocycles. The fourth-order valence-electron chi connectivity index (χ4n) is 2.75. The van der Waals surface area contributed by atoms with Gasteiger partial charge < -0.3 is 24.4 Å². The number of hydrogen-bond acceptors (Lipinski definition) is 7. The number of unbranched alkanes of at least 4 members (excludes halogenated alkanes) is 1. The zero-order valence-corrected chi connectivity index (χ0v) is 24.8. The summed E-state index contributed by atoms with van der Waals surface area (Å²) in [4.78, 5) is 50.9. The van der Waals surface area contributed by atoms with Crippen LogP contribution in [-0.2, 0) is 38.5 Å². The quantitative estimate of drug-likeness (QED) is 0.121. The molecule has 0 heterocycles. The molecule has 0 unspecified atom stereocenters. The molecule has 10 nitrogen and oxygen atoms in total. The second kappa shape index (κ2) is 18.5. The molecule has 0 aliphatic rings. The number of phosphoric acid groups is 1. The first-order chi connectivity index (χ1) is 19.1. The van der Waals surface area contributed by atoms with Crippen molar-refractivity contribution in [3.8, 4) is 0 Å². The van der Waals surface area contributed by atoms with E-state index in [-0.39, 0.29) is 17.1 Å². The third-order valence-corrected chi connectivity index (χ3v) is 5.44. The average molecular weight is 591 g/mol. The van der Waals surface area contributed by atoms with E-state index in [2.05, 4.69) is 26.7 Å². The van der Waals surface area contributed by atoms with Crippen molar-refractivity contribution in [3.05, 3.63) is 108 Å². The minimum atomic E-state index is -4.78. The Morgan fingerprint density at radius 3 is 1.54 bits per heavy atom. The monoisotopic (exact) mass is 590 g/mol. The zero-order valence-electron chi connectivity index (χ0n) is 23.9. The van der Waals surface area contributed by atoms with Crippen molar-refractivity contribution in [3.63, 3.8) is 0 Å². The second-order valence-corrected chi connectivity index (χ2v) is 10.1. The lowest BCUT2D eigenvalue weighted by atomic mass is 9.86. The maximum atomic E-state index is 12.3. The highest BCUT2D eigenvalue weighted by Crippen LogP contribution is 2.42. The van der Waals surface area contributed by atoms with Gasteiger partial charge in [-0.05, 0) is 27.2 Å². The Labute approximate surface area is 241 Å². The van der Waals surface area contributed by atoms with E-state index < -0.39 is 32.0 Å². The van der Waals surface area contributed by atoms with Gasteiger partial charge in [-0.1, -0.05) is 93.7 Å². The van der Waals surface area contributed by atoms with E-state index in [9.17, 15) is 18.9 Å². The highest BCUT2D eigenvalue weighted by Gasteiger charge is 2.41. The number of rotatable bonds is 12. The molecule has 0 bridgehead atoms. The molecule has 224 valence electrons. The SMILES string of the molecule is C=C(C)C(=O)O.C=C(C)C(=O)OC(COP(=O)(O)O)(c1ccccc1)c1ccccc1.C=C(C)C(=O)OCCCC. The van der Waals surface area contributed by atoms with Gasteiger partial charge >= 0.3 is 25.7 Å². The van der Waals surface area contributed by atoms with Crippen LogP contribution in [0.1, 0.15) is 51.7 Å². The minimum Gasteiger partial charge on any atom is -0.478 e. The molecular weight excluding hydrogens is 551 g/mol. The highest BCUT2D eigenvalue weighted by atomic mass is 31.2. The normalized spacial score (nSPS) is 10.5. The van der Waals surface area contributed by atoms with Crippen LogP contribution in [0.2, 0.25) is 0 Å². The number of esters is 2. The van der Waals surface area contributed by atoms with Crippen LogP contribution in [0.15, 0.2) is 97.1 Å². The molecule has 2 rings (SSSR count). The van der Waals surface area contributed by atoms with E-state index in [0.29, 0.717) is 23.3 Å². The predicted octanol–water partition coefficient (Wildman–Crippen LogP) is 5.71. The predicted molar refractivity (Wildman–Crippen MR) is 156 cm³/mol. The maximum Gasteiger partial charge on any atom is 0.469 e. The van der Waals surface area contributed by atoms with Gasteiger partial charge in [0.2, 0.25) is 0 Å². The van der Waals surface area contributed by atoms with Crippen molar-refractivity contribution >= 4 is 25.7 Å². The Morgan fingerprint density at radius 1 is 0.805 bits per heavy atom. The van der Waals surface area contributed by atoms with E-state index in [1.807, 2.05) is 0 Å². The summed E-state index contributed by atoms with van der Waals surface area (Å²) >= 11 is 0. The molecule has 41 heavy (non-hydrogen) atoms. The van der Waals surface area contributed by atoms with E-state index in [1.165, 1.54) is 13.8 Å². The third-order valence-electron chi connectivity index (χ3n) is 4.98. The lowest BCUT2D eigenvalue weighted by Gasteiger charge is -2.34. The fourth-order valence-corrected chi connectivity index (χ4v) is 3.10. The van der Waals surface area contributed by atoms with Crippen LogP contribution < -0.4 is 0 Å². The minimum absolute atomic E-state index is 0.160. The van der Waals surface area contributed by atoms with Gasteiger partial charge in [0.05, 0.1) is 6.61 Å². The van der Waals surface area contributed by atoms with Crippen molar-refractivity contribution in [2.45, 2.75) is 46.1 Å². The van der Waals surface area contributed by atoms with Crippen molar-refractivity contribution in [1.82, 2.24) is 0 Å². The van der Waals surface area contributed by atoms with E-state index in [0.717, 1.165) is 12.8 Å². The van der Waals surface area contributed by atoms with Gasteiger partial charge in [-0.3, -0.25) is 4.52 Å². The average Bonchev–Trinajstić information content (AvgIpc) is 2.92. The second-order valence-electron chi connectivity index (χ2n) is 8.85. The summed E-state index contributed by atoms with van der Waals surface area (Å²) in [5.41, 5.74) is 0.312. The van der Waals surface area contributed by atoms with E-state index >= 15 is 0 Å². The molecule has 0 aromatic heterocycles.